The van der Waals surface area contributed by atoms with Gasteiger partial charge in [0.05, 0.1) is 6.33 Å². The first kappa shape index (κ1) is 18.3. The molecule has 4 rings (SSSR count). The fourth-order valence-electron chi connectivity index (χ4n) is 3.21. The van der Waals surface area contributed by atoms with E-state index in [-0.39, 0.29) is 24.4 Å². The summed E-state index contributed by atoms with van der Waals surface area (Å²) in [5, 5.41) is 4.49. The topological polar surface area (TPSA) is 79.8 Å². The molecule has 2 aromatic heterocycles. The van der Waals surface area contributed by atoms with E-state index in [1.807, 2.05) is 48.5 Å². The normalized spacial score (nSPS) is 11.2. The molecule has 0 atom stereocenters. The number of rotatable bonds is 6. The first-order valence-corrected chi connectivity index (χ1v) is 9.46. The average Bonchev–Trinajstić information content (AvgIpc) is 3.09. The maximum Gasteiger partial charge on any atom is 0.277 e. The van der Waals surface area contributed by atoms with Gasteiger partial charge in [-0.15, -0.1) is 0 Å². The zero-order valence-corrected chi connectivity index (χ0v) is 15.9. The van der Waals surface area contributed by atoms with E-state index in [4.69, 9.17) is 11.6 Å². The number of aromatic nitrogens is 3. The standard InChI is InChI=1S/C21H19ClN4O2/c22-15-7-5-14(6-8-15)9-11-23-18(27)10-12-26-13-24-19-16-3-1-2-4-17(16)25-20(19)21(26)28/h1-8,13,25H,9-12H2,(H,23,27). The molecule has 0 aliphatic rings. The molecule has 0 unspecified atom stereocenters. The molecule has 0 aliphatic heterocycles. The smallest absolute Gasteiger partial charge is 0.277 e. The minimum Gasteiger partial charge on any atom is -0.356 e. The molecule has 0 radical (unpaired) electrons. The Kier molecular flexibility index (Phi) is 5.12. The zero-order valence-electron chi connectivity index (χ0n) is 15.1. The number of aromatic amines is 1. The van der Waals surface area contributed by atoms with E-state index in [2.05, 4.69) is 15.3 Å². The van der Waals surface area contributed by atoms with Crippen LogP contribution in [-0.4, -0.2) is 27.0 Å². The van der Waals surface area contributed by atoms with Crippen molar-refractivity contribution in [2.45, 2.75) is 19.4 Å². The van der Waals surface area contributed by atoms with Crippen LogP contribution in [0.5, 0.6) is 0 Å². The summed E-state index contributed by atoms with van der Waals surface area (Å²) in [6, 6.07) is 15.2. The molecular formula is C21H19ClN4O2. The van der Waals surface area contributed by atoms with Crippen molar-refractivity contribution in [3.8, 4) is 0 Å². The molecule has 142 valence electrons. The third kappa shape index (κ3) is 3.77. The highest BCUT2D eigenvalue weighted by Gasteiger charge is 2.11. The van der Waals surface area contributed by atoms with E-state index in [9.17, 15) is 9.59 Å². The number of nitrogens with zero attached hydrogens (tertiary/aromatic N) is 2. The first-order valence-electron chi connectivity index (χ1n) is 9.09. The lowest BCUT2D eigenvalue weighted by atomic mass is 10.1. The number of carbonyl (C=O) groups excluding carboxylic acids is 1. The molecule has 7 heteroatoms. The van der Waals surface area contributed by atoms with Crippen LogP contribution in [0.1, 0.15) is 12.0 Å². The average molecular weight is 395 g/mol. The van der Waals surface area contributed by atoms with Crippen molar-refractivity contribution in [2.24, 2.45) is 0 Å². The van der Waals surface area contributed by atoms with Crippen molar-refractivity contribution in [3.63, 3.8) is 0 Å². The third-order valence-corrected chi connectivity index (χ3v) is 4.96. The summed E-state index contributed by atoms with van der Waals surface area (Å²) >= 11 is 5.86. The number of hydrogen-bond acceptors (Lipinski definition) is 3. The molecule has 0 aliphatic carbocycles. The maximum atomic E-state index is 12.7. The van der Waals surface area contributed by atoms with Crippen molar-refractivity contribution >= 4 is 39.4 Å². The second kappa shape index (κ2) is 7.86. The van der Waals surface area contributed by atoms with Crippen molar-refractivity contribution in [1.82, 2.24) is 19.9 Å². The van der Waals surface area contributed by atoms with Gasteiger partial charge in [-0.2, -0.15) is 0 Å². The Balaban J connectivity index is 1.37. The zero-order chi connectivity index (χ0) is 19.5. The van der Waals surface area contributed by atoms with Crippen molar-refractivity contribution in [1.29, 1.82) is 0 Å². The number of para-hydroxylation sites is 1. The van der Waals surface area contributed by atoms with Crippen LogP contribution in [0, 0.1) is 0 Å². The van der Waals surface area contributed by atoms with Crippen LogP contribution in [0.3, 0.4) is 0 Å². The fraction of sp³-hybridized carbons (Fsp3) is 0.190. The second-order valence-corrected chi connectivity index (χ2v) is 7.05. The molecule has 0 saturated heterocycles. The lowest BCUT2D eigenvalue weighted by Crippen LogP contribution is -2.29. The molecule has 0 saturated carbocycles. The number of benzene rings is 2. The van der Waals surface area contributed by atoms with Gasteiger partial charge in [-0.25, -0.2) is 4.98 Å². The van der Waals surface area contributed by atoms with Gasteiger partial charge in [-0.1, -0.05) is 41.9 Å². The highest BCUT2D eigenvalue weighted by atomic mass is 35.5. The van der Waals surface area contributed by atoms with Crippen LogP contribution >= 0.6 is 11.6 Å². The molecule has 4 aromatic rings. The van der Waals surface area contributed by atoms with Crippen LogP contribution in [-0.2, 0) is 17.8 Å². The van der Waals surface area contributed by atoms with Crippen LogP contribution in [0.25, 0.3) is 21.9 Å². The minimum absolute atomic E-state index is 0.0994. The Bertz CT molecular complexity index is 1190. The van der Waals surface area contributed by atoms with Gasteiger partial charge in [-0.3, -0.25) is 14.2 Å². The summed E-state index contributed by atoms with van der Waals surface area (Å²) in [6.45, 7) is 0.818. The monoisotopic (exact) mass is 394 g/mol. The summed E-state index contributed by atoms with van der Waals surface area (Å²) in [6.07, 6.45) is 2.45. The van der Waals surface area contributed by atoms with E-state index in [0.717, 1.165) is 22.9 Å². The molecule has 0 bridgehead atoms. The van der Waals surface area contributed by atoms with Gasteiger partial charge in [0.1, 0.15) is 11.0 Å². The SMILES string of the molecule is O=C(CCn1cnc2c([nH]c3ccccc32)c1=O)NCCc1ccc(Cl)cc1. The summed E-state index contributed by atoms with van der Waals surface area (Å²) in [7, 11) is 0. The number of fused-ring (bicyclic) bond motifs is 3. The molecule has 2 aromatic carbocycles. The lowest BCUT2D eigenvalue weighted by Gasteiger charge is -2.07. The molecule has 0 spiro atoms. The number of hydrogen-bond donors (Lipinski definition) is 2. The van der Waals surface area contributed by atoms with Crippen LogP contribution < -0.4 is 10.9 Å². The molecule has 1 amide bonds. The van der Waals surface area contributed by atoms with E-state index in [1.165, 1.54) is 10.9 Å². The second-order valence-electron chi connectivity index (χ2n) is 6.61. The quantitative estimate of drug-likeness (QED) is 0.526. The van der Waals surface area contributed by atoms with Gasteiger partial charge in [0.25, 0.3) is 5.56 Å². The van der Waals surface area contributed by atoms with Crippen LogP contribution in [0.2, 0.25) is 5.02 Å². The molecule has 0 fully saturated rings. The number of aryl methyl sites for hydroxylation is 1. The summed E-state index contributed by atoms with van der Waals surface area (Å²) < 4.78 is 1.47. The highest BCUT2D eigenvalue weighted by molar-refractivity contribution is 6.30. The van der Waals surface area contributed by atoms with Gasteiger partial charge in [-0.05, 0) is 30.2 Å². The van der Waals surface area contributed by atoms with Gasteiger partial charge in [0.15, 0.2) is 0 Å². The lowest BCUT2D eigenvalue weighted by molar-refractivity contribution is -0.121. The Hall–Kier alpha value is -3.12. The first-order chi connectivity index (χ1) is 13.6. The van der Waals surface area contributed by atoms with Gasteiger partial charge in [0.2, 0.25) is 5.91 Å². The molecule has 6 nitrogen and oxygen atoms in total. The van der Waals surface area contributed by atoms with Crippen molar-refractivity contribution in [2.75, 3.05) is 6.54 Å². The molecule has 2 heterocycles. The number of nitrogens with one attached hydrogen (secondary N) is 2. The van der Waals surface area contributed by atoms with Gasteiger partial charge in [0, 0.05) is 35.4 Å². The fourth-order valence-corrected chi connectivity index (χ4v) is 3.33. The Morgan fingerprint density at radius 3 is 2.75 bits per heavy atom. The molecule has 2 N–H and O–H groups in total. The van der Waals surface area contributed by atoms with Crippen molar-refractivity contribution < 1.29 is 4.79 Å². The molecule has 28 heavy (non-hydrogen) atoms. The minimum atomic E-state index is -0.171. The largest absolute Gasteiger partial charge is 0.356 e. The summed E-state index contributed by atoms with van der Waals surface area (Å²) in [5.41, 5.74) is 2.93. The van der Waals surface area contributed by atoms with Crippen molar-refractivity contribution in [3.05, 3.63) is 75.8 Å². The number of halogens is 1. The number of carbonyl (C=O) groups is 1. The summed E-state index contributed by atoms with van der Waals surface area (Å²) in [5.74, 6) is -0.0994. The Morgan fingerprint density at radius 2 is 1.93 bits per heavy atom. The predicted molar refractivity (Wildman–Crippen MR) is 111 cm³/mol. The Morgan fingerprint density at radius 1 is 1.14 bits per heavy atom. The third-order valence-electron chi connectivity index (χ3n) is 4.71. The van der Waals surface area contributed by atoms with Crippen LogP contribution in [0.4, 0.5) is 0 Å². The number of amides is 1. The maximum absolute atomic E-state index is 12.7. The van der Waals surface area contributed by atoms with E-state index in [1.54, 1.807) is 0 Å². The van der Waals surface area contributed by atoms with E-state index >= 15 is 0 Å². The Labute approximate surface area is 166 Å². The van der Waals surface area contributed by atoms with E-state index < -0.39 is 0 Å². The van der Waals surface area contributed by atoms with E-state index in [0.29, 0.717) is 22.6 Å². The number of H-pyrrole nitrogens is 1. The van der Waals surface area contributed by atoms with Crippen LogP contribution in [0.15, 0.2) is 59.7 Å². The van der Waals surface area contributed by atoms with Gasteiger partial charge >= 0.3 is 0 Å². The van der Waals surface area contributed by atoms with Gasteiger partial charge < -0.3 is 10.3 Å². The summed E-state index contributed by atoms with van der Waals surface area (Å²) in [4.78, 5) is 32.3. The predicted octanol–water partition coefficient (Wildman–Crippen LogP) is 3.28. The molecular weight excluding hydrogens is 376 g/mol. The highest BCUT2D eigenvalue weighted by Crippen LogP contribution is 2.20.